The van der Waals surface area contributed by atoms with Gasteiger partial charge in [0.2, 0.25) is 0 Å². The zero-order chi connectivity index (χ0) is 18.1. The van der Waals surface area contributed by atoms with E-state index in [0.717, 1.165) is 10.9 Å². The van der Waals surface area contributed by atoms with Crippen LogP contribution in [0.3, 0.4) is 0 Å². The van der Waals surface area contributed by atoms with Gasteiger partial charge in [-0.05, 0) is 53.7 Å². The fourth-order valence-corrected chi connectivity index (χ4v) is 2.22. The lowest BCUT2D eigenvalue weighted by Gasteiger charge is -2.35. The van der Waals surface area contributed by atoms with E-state index in [9.17, 15) is 9.59 Å². The fourth-order valence-electron chi connectivity index (χ4n) is 2.22. The number of amides is 2. The molecule has 1 aromatic heterocycles. The summed E-state index contributed by atoms with van der Waals surface area (Å²) in [4.78, 5) is 28.1. The van der Waals surface area contributed by atoms with Crippen molar-refractivity contribution in [3.05, 3.63) is 36.0 Å². The highest BCUT2D eigenvalue weighted by molar-refractivity contribution is 5.98. The van der Waals surface area contributed by atoms with Gasteiger partial charge in [-0.3, -0.25) is 4.79 Å². The zero-order valence-electron chi connectivity index (χ0n) is 15.1. The van der Waals surface area contributed by atoms with Crippen LogP contribution in [0.25, 0.3) is 10.9 Å². The summed E-state index contributed by atoms with van der Waals surface area (Å²) in [6.45, 7) is 10.8. The number of hydrogen-bond donors (Lipinski definition) is 2. The van der Waals surface area contributed by atoms with Gasteiger partial charge in [0.15, 0.2) is 0 Å². The molecule has 1 aromatic carbocycles. The Labute approximate surface area is 142 Å². The first kappa shape index (κ1) is 17.8. The molecule has 6 heteroatoms. The van der Waals surface area contributed by atoms with Crippen molar-refractivity contribution >= 4 is 22.9 Å². The van der Waals surface area contributed by atoms with Crippen molar-refractivity contribution < 1.29 is 14.3 Å². The van der Waals surface area contributed by atoms with Crippen molar-refractivity contribution in [3.63, 3.8) is 0 Å². The van der Waals surface area contributed by atoms with Crippen LogP contribution in [0.4, 0.5) is 4.79 Å². The van der Waals surface area contributed by atoms with E-state index in [4.69, 9.17) is 4.74 Å². The van der Waals surface area contributed by atoms with Gasteiger partial charge in [-0.2, -0.15) is 0 Å². The molecule has 130 valence electrons. The third kappa shape index (κ3) is 4.28. The number of aromatic amines is 1. The van der Waals surface area contributed by atoms with Crippen LogP contribution in [0.15, 0.2) is 30.3 Å². The minimum Gasteiger partial charge on any atom is -0.443 e. The summed E-state index contributed by atoms with van der Waals surface area (Å²) >= 11 is 0. The van der Waals surface area contributed by atoms with Gasteiger partial charge in [-0.1, -0.05) is 18.2 Å². The highest BCUT2D eigenvalue weighted by Gasteiger charge is 2.31. The molecule has 0 atom stereocenters. The zero-order valence-corrected chi connectivity index (χ0v) is 15.1. The Morgan fingerprint density at radius 3 is 2.25 bits per heavy atom. The molecule has 0 aliphatic rings. The average Bonchev–Trinajstić information content (AvgIpc) is 2.84. The molecule has 0 aliphatic heterocycles. The molecule has 2 amide bonds. The van der Waals surface area contributed by atoms with Crippen LogP contribution in [-0.2, 0) is 4.74 Å². The Balaban J connectivity index is 2.27. The minimum absolute atomic E-state index is 0.329. The standard InChI is InChI=1S/C18H25N3O3/c1-17(2,3)21(20-16(23)24-18(4,5)6)15(22)14-11-12-9-7-8-10-13(12)19-14/h7-11,19H,1-6H3,(H,20,23). The molecule has 24 heavy (non-hydrogen) atoms. The summed E-state index contributed by atoms with van der Waals surface area (Å²) < 4.78 is 5.25. The number of para-hydroxylation sites is 1. The summed E-state index contributed by atoms with van der Waals surface area (Å²) in [6, 6.07) is 9.39. The molecule has 0 radical (unpaired) electrons. The summed E-state index contributed by atoms with van der Waals surface area (Å²) in [5.41, 5.74) is 2.57. The summed E-state index contributed by atoms with van der Waals surface area (Å²) in [5.74, 6) is -0.329. The lowest BCUT2D eigenvalue weighted by Crippen LogP contribution is -2.56. The number of aromatic nitrogens is 1. The number of H-pyrrole nitrogens is 1. The quantitative estimate of drug-likeness (QED) is 0.780. The van der Waals surface area contributed by atoms with Gasteiger partial charge in [-0.25, -0.2) is 15.2 Å². The van der Waals surface area contributed by atoms with Crippen LogP contribution in [-0.4, -0.2) is 33.1 Å². The Morgan fingerprint density at radius 2 is 1.71 bits per heavy atom. The summed E-state index contributed by atoms with van der Waals surface area (Å²) in [6.07, 6.45) is -0.665. The molecular weight excluding hydrogens is 306 g/mol. The van der Waals surface area contributed by atoms with Crippen LogP contribution in [0.1, 0.15) is 52.0 Å². The number of hydrazine groups is 1. The Morgan fingerprint density at radius 1 is 1.08 bits per heavy atom. The monoisotopic (exact) mass is 331 g/mol. The number of carbonyl (C=O) groups excluding carboxylic acids is 2. The molecule has 0 spiro atoms. The summed E-state index contributed by atoms with van der Waals surface area (Å²) in [5, 5.41) is 2.22. The first-order valence-electron chi connectivity index (χ1n) is 7.89. The van der Waals surface area contributed by atoms with Gasteiger partial charge in [0.05, 0.1) is 5.54 Å². The van der Waals surface area contributed by atoms with Crippen molar-refractivity contribution in [1.82, 2.24) is 15.4 Å². The lowest BCUT2D eigenvalue weighted by atomic mass is 10.1. The smallest absolute Gasteiger partial charge is 0.426 e. The normalized spacial score (nSPS) is 12.1. The van der Waals surface area contributed by atoms with E-state index in [1.54, 1.807) is 26.8 Å². The van der Waals surface area contributed by atoms with Gasteiger partial charge < -0.3 is 9.72 Å². The number of carbonyl (C=O) groups is 2. The third-order valence-electron chi connectivity index (χ3n) is 3.24. The topological polar surface area (TPSA) is 74.4 Å². The van der Waals surface area contributed by atoms with Gasteiger partial charge in [0.1, 0.15) is 11.3 Å². The Bertz CT molecular complexity index is 718. The summed E-state index contributed by atoms with van der Waals surface area (Å²) in [7, 11) is 0. The van der Waals surface area contributed by atoms with E-state index in [2.05, 4.69) is 10.4 Å². The van der Waals surface area contributed by atoms with Gasteiger partial charge in [-0.15, -0.1) is 0 Å². The SMILES string of the molecule is CC(C)(C)OC(=O)NN(C(=O)c1cc2ccccc2[nH]1)C(C)(C)C. The maximum atomic E-state index is 12.9. The first-order valence-corrected chi connectivity index (χ1v) is 7.89. The average molecular weight is 331 g/mol. The third-order valence-corrected chi connectivity index (χ3v) is 3.24. The van der Waals surface area contributed by atoms with Gasteiger partial charge >= 0.3 is 6.09 Å². The highest BCUT2D eigenvalue weighted by Crippen LogP contribution is 2.19. The van der Waals surface area contributed by atoms with Crippen LogP contribution in [0.2, 0.25) is 0 Å². The predicted molar refractivity (Wildman–Crippen MR) is 93.6 cm³/mol. The van der Waals surface area contributed by atoms with E-state index < -0.39 is 17.2 Å². The van der Waals surface area contributed by atoms with Crippen LogP contribution < -0.4 is 5.43 Å². The van der Waals surface area contributed by atoms with E-state index in [1.165, 1.54) is 5.01 Å². The largest absolute Gasteiger partial charge is 0.443 e. The van der Waals surface area contributed by atoms with Crippen molar-refractivity contribution in [3.8, 4) is 0 Å². The molecule has 0 saturated heterocycles. The van der Waals surface area contributed by atoms with Crippen LogP contribution >= 0.6 is 0 Å². The molecule has 0 aliphatic carbocycles. The maximum Gasteiger partial charge on any atom is 0.426 e. The molecule has 0 fully saturated rings. The van der Waals surface area contributed by atoms with Crippen molar-refractivity contribution in [2.75, 3.05) is 0 Å². The predicted octanol–water partition coefficient (Wildman–Crippen LogP) is 3.85. The van der Waals surface area contributed by atoms with E-state index in [0.29, 0.717) is 5.69 Å². The van der Waals surface area contributed by atoms with E-state index >= 15 is 0 Å². The lowest BCUT2D eigenvalue weighted by molar-refractivity contribution is 0.0116. The Kier molecular flexibility index (Phi) is 4.60. The number of rotatable bonds is 1. The van der Waals surface area contributed by atoms with Gasteiger partial charge in [0.25, 0.3) is 5.91 Å². The molecule has 2 aromatic rings. The van der Waals surface area contributed by atoms with E-state index in [1.807, 2.05) is 45.0 Å². The Hall–Kier alpha value is -2.50. The molecule has 1 heterocycles. The fraction of sp³-hybridized carbons (Fsp3) is 0.444. The number of fused-ring (bicyclic) bond motifs is 1. The molecule has 2 N–H and O–H groups in total. The van der Waals surface area contributed by atoms with Crippen molar-refractivity contribution in [2.45, 2.75) is 52.7 Å². The maximum absolute atomic E-state index is 12.9. The second kappa shape index (κ2) is 6.19. The second-order valence-corrected chi connectivity index (χ2v) is 7.70. The van der Waals surface area contributed by atoms with Crippen LogP contribution in [0.5, 0.6) is 0 Å². The molecule has 0 bridgehead atoms. The number of ether oxygens (including phenoxy) is 1. The van der Waals surface area contributed by atoms with E-state index in [-0.39, 0.29) is 5.91 Å². The number of hydrogen-bond acceptors (Lipinski definition) is 3. The highest BCUT2D eigenvalue weighted by atomic mass is 16.6. The number of nitrogens with one attached hydrogen (secondary N) is 2. The van der Waals surface area contributed by atoms with Crippen molar-refractivity contribution in [2.24, 2.45) is 0 Å². The molecule has 2 rings (SSSR count). The number of nitrogens with zero attached hydrogens (tertiary/aromatic N) is 1. The first-order chi connectivity index (χ1) is 11.0. The molecule has 0 saturated carbocycles. The minimum atomic E-state index is -0.665. The van der Waals surface area contributed by atoms with Crippen molar-refractivity contribution in [1.29, 1.82) is 0 Å². The van der Waals surface area contributed by atoms with Gasteiger partial charge in [0, 0.05) is 10.9 Å². The number of benzene rings is 1. The second-order valence-electron chi connectivity index (χ2n) is 7.70. The van der Waals surface area contributed by atoms with Crippen LogP contribution in [0, 0.1) is 0 Å². The molecule has 0 unspecified atom stereocenters. The molecular formula is C18H25N3O3. The molecule has 6 nitrogen and oxygen atoms in total.